The van der Waals surface area contributed by atoms with E-state index in [2.05, 4.69) is 5.48 Å². The van der Waals surface area contributed by atoms with Gasteiger partial charge < -0.3 is 19.6 Å². The van der Waals surface area contributed by atoms with E-state index in [1.165, 1.54) is 12.1 Å². The van der Waals surface area contributed by atoms with E-state index in [4.69, 9.17) is 4.84 Å². The van der Waals surface area contributed by atoms with Crippen molar-refractivity contribution in [3.05, 3.63) is 59.5 Å². The van der Waals surface area contributed by atoms with E-state index in [-0.39, 0.29) is 38.2 Å². The van der Waals surface area contributed by atoms with Gasteiger partial charge in [-0.3, -0.25) is 0 Å². The molecule has 5 rings (SSSR count). The van der Waals surface area contributed by atoms with Crippen molar-refractivity contribution >= 4 is 16.9 Å². The SMILES string of the molecule is CC1(C)CONCC2(CCC(C(F)(F)C(=O)O)C2)c2c1n(-c1ccc(F)cc1)c1cccc(O)c21. The molecule has 2 heterocycles. The van der Waals surface area contributed by atoms with Crippen LogP contribution in [-0.2, 0) is 20.5 Å². The summed E-state index contributed by atoms with van der Waals surface area (Å²) in [7, 11) is 0. The summed E-state index contributed by atoms with van der Waals surface area (Å²) in [5, 5.41) is 20.8. The molecule has 1 aliphatic heterocycles. The summed E-state index contributed by atoms with van der Waals surface area (Å²) in [4.78, 5) is 17.1. The Hall–Kier alpha value is -3.04. The summed E-state index contributed by atoms with van der Waals surface area (Å²) in [6, 6.07) is 11.1. The molecule has 2 atom stereocenters. The van der Waals surface area contributed by atoms with Crippen LogP contribution < -0.4 is 5.48 Å². The number of rotatable bonds is 3. The third-order valence-electron chi connectivity index (χ3n) is 7.58. The number of hydroxylamine groups is 1. The molecule has 9 heteroatoms. The summed E-state index contributed by atoms with van der Waals surface area (Å²) >= 11 is 0. The second-order valence-electron chi connectivity index (χ2n) is 10.3. The molecule has 0 bridgehead atoms. The van der Waals surface area contributed by atoms with E-state index in [1.54, 1.807) is 24.3 Å². The van der Waals surface area contributed by atoms with E-state index in [0.29, 0.717) is 22.2 Å². The van der Waals surface area contributed by atoms with Crippen LogP contribution in [-0.4, -0.2) is 39.8 Å². The number of nitrogens with one attached hydrogen (secondary N) is 1. The number of aromatic hydroxyl groups is 1. The van der Waals surface area contributed by atoms with Crippen molar-refractivity contribution in [1.82, 2.24) is 10.0 Å². The van der Waals surface area contributed by atoms with Crippen LogP contribution in [0.4, 0.5) is 13.2 Å². The highest BCUT2D eigenvalue weighted by atomic mass is 19.3. The minimum absolute atomic E-state index is 0.00437. The lowest BCUT2D eigenvalue weighted by Gasteiger charge is -2.39. The minimum atomic E-state index is -3.88. The lowest BCUT2D eigenvalue weighted by atomic mass is 9.71. The van der Waals surface area contributed by atoms with Crippen molar-refractivity contribution in [2.24, 2.45) is 5.92 Å². The average Bonchev–Trinajstić information content (AvgIpc) is 3.39. The third kappa shape index (κ3) is 3.60. The zero-order chi connectivity index (χ0) is 25.2. The normalized spacial score (nSPS) is 24.3. The van der Waals surface area contributed by atoms with Crippen LogP contribution in [0.1, 0.15) is 44.4 Å². The third-order valence-corrected chi connectivity index (χ3v) is 7.58. The molecule has 0 radical (unpaired) electrons. The van der Waals surface area contributed by atoms with Crippen molar-refractivity contribution in [3.8, 4) is 11.4 Å². The topological polar surface area (TPSA) is 83.7 Å². The van der Waals surface area contributed by atoms with Gasteiger partial charge in [0.1, 0.15) is 11.6 Å². The molecule has 0 amide bonds. The number of carbonyl (C=O) groups is 1. The van der Waals surface area contributed by atoms with Crippen molar-refractivity contribution in [1.29, 1.82) is 0 Å². The van der Waals surface area contributed by atoms with Crippen molar-refractivity contribution < 1.29 is 33.0 Å². The van der Waals surface area contributed by atoms with Crippen molar-refractivity contribution in [3.63, 3.8) is 0 Å². The summed E-state index contributed by atoms with van der Waals surface area (Å²) in [5.74, 6) is -7.77. The van der Waals surface area contributed by atoms with E-state index in [1.807, 2.05) is 24.5 Å². The first-order valence-electron chi connectivity index (χ1n) is 11.6. The highest BCUT2D eigenvalue weighted by Gasteiger charge is 2.57. The number of carboxylic acids is 1. The second kappa shape index (κ2) is 7.99. The molecule has 3 N–H and O–H groups in total. The van der Waals surface area contributed by atoms with Crippen LogP contribution >= 0.6 is 0 Å². The van der Waals surface area contributed by atoms with E-state index < -0.39 is 34.5 Å². The van der Waals surface area contributed by atoms with E-state index >= 15 is 0 Å². The molecule has 1 fully saturated rings. The largest absolute Gasteiger partial charge is 0.507 e. The Morgan fingerprint density at radius 1 is 1.20 bits per heavy atom. The molecule has 0 saturated heterocycles. The number of aromatic nitrogens is 1. The van der Waals surface area contributed by atoms with Gasteiger partial charge in [0.25, 0.3) is 0 Å². The first kappa shape index (κ1) is 23.7. The second-order valence-corrected chi connectivity index (χ2v) is 10.3. The van der Waals surface area contributed by atoms with Gasteiger partial charge in [-0.05, 0) is 61.2 Å². The predicted octanol–water partition coefficient (Wildman–Crippen LogP) is 5.05. The van der Waals surface area contributed by atoms with Gasteiger partial charge in [0.05, 0.1) is 12.1 Å². The maximum absolute atomic E-state index is 14.7. The molecule has 1 aliphatic carbocycles. The van der Waals surface area contributed by atoms with Gasteiger partial charge in [0.15, 0.2) is 0 Å². The number of fused-ring (bicyclic) bond motifs is 4. The number of aliphatic carboxylic acids is 1. The zero-order valence-electron chi connectivity index (χ0n) is 19.4. The van der Waals surface area contributed by atoms with Gasteiger partial charge in [-0.25, -0.2) is 14.7 Å². The number of halogens is 3. The molecule has 3 aromatic rings. The molecular weight excluding hydrogens is 461 g/mol. The van der Waals surface area contributed by atoms with E-state index in [9.17, 15) is 28.2 Å². The monoisotopic (exact) mass is 488 g/mol. The Bertz CT molecular complexity index is 1300. The lowest BCUT2D eigenvalue weighted by molar-refractivity contribution is -0.173. The van der Waals surface area contributed by atoms with Gasteiger partial charge in [0.2, 0.25) is 0 Å². The number of phenolic OH excluding ortho intramolecular Hbond substituents is 1. The standard InChI is InChI=1S/C26H27F3N2O4/c1-24(2)14-35-30-13-25(11-10-15(12-25)26(28,29)23(33)34)21-20-18(4-3-5-19(20)32)31(22(21)24)17-8-6-16(27)7-9-17/h3-9,15,30,32H,10-14H2,1-2H3,(H,33,34). The summed E-state index contributed by atoms with van der Waals surface area (Å²) in [6.07, 6.45) is 0.205. The molecule has 1 saturated carbocycles. The maximum atomic E-state index is 14.7. The van der Waals surface area contributed by atoms with Crippen LogP contribution in [0.2, 0.25) is 0 Å². The first-order valence-corrected chi connectivity index (χ1v) is 11.6. The van der Waals surface area contributed by atoms with Crippen LogP contribution in [0.5, 0.6) is 5.75 Å². The summed E-state index contributed by atoms with van der Waals surface area (Å²) in [5.41, 5.74) is 4.15. The minimum Gasteiger partial charge on any atom is -0.507 e. The van der Waals surface area contributed by atoms with Crippen LogP contribution in [0.25, 0.3) is 16.6 Å². The number of phenols is 1. The fourth-order valence-corrected chi connectivity index (χ4v) is 5.91. The van der Waals surface area contributed by atoms with Gasteiger partial charge in [-0.2, -0.15) is 8.78 Å². The lowest BCUT2D eigenvalue weighted by Crippen LogP contribution is -2.45. The molecule has 2 aliphatic rings. The fraction of sp³-hybridized carbons (Fsp3) is 0.423. The number of nitrogens with zero attached hydrogens (tertiary/aromatic N) is 1. The van der Waals surface area contributed by atoms with Crippen molar-refractivity contribution in [2.75, 3.05) is 13.2 Å². The molecule has 2 unspecified atom stereocenters. The Morgan fingerprint density at radius 3 is 2.60 bits per heavy atom. The highest BCUT2D eigenvalue weighted by Crippen LogP contribution is 2.55. The smallest absolute Gasteiger partial charge is 0.374 e. The molecule has 6 nitrogen and oxygen atoms in total. The number of hydrogen-bond acceptors (Lipinski definition) is 4. The molecule has 1 spiro atoms. The Kier molecular flexibility index (Phi) is 5.41. The zero-order valence-corrected chi connectivity index (χ0v) is 19.4. The average molecular weight is 489 g/mol. The molecule has 35 heavy (non-hydrogen) atoms. The van der Waals surface area contributed by atoms with Crippen LogP contribution in [0.3, 0.4) is 0 Å². The number of benzene rings is 2. The Morgan fingerprint density at radius 2 is 1.91 bits per heavy atom. The van der Waals surface area contributed by atoms with Gasteiger partial charge in [-0.15, -0.1) is 0 Å². The molecule has 186 valence electrons. The van der Waals surface area contributed by atoms with E-state index in [0.717, 1.165) is 5.69 Å². The number of hydrogen-bond donors (Lipinski definition) is 3. The van der Waals surface area contributed by atoms with Crippen LogP contribution in [0, 0.1) is 11.7 Å². The summed E-state index contributed by atoms with van der Waals surface area (Å²) in [6.45, 7) is 4.35. The van der Waals surface area contributed by atoms with Crippen molar-refractivity contribution in [2.45, 2.75) is 49.9 Å². The van der Waals surface area contributed by atoms with Gasteiger partial charge in [0, 0.05) is 40.1 Å². The Balaban J connectivity index is 1.84. The van der Waals surface area contributed by atoms with Crippen LogP contribution in [0.15, 0.2) is 42.5 Å². The quantitative estimate of drug-likeness (QED) is 0.481. The summed E-state index contributed by atoms with van der Waals surface area (Å²) < 4.78 is 45.0. The predicted molar refractivity (Wildman–Crippen MR) is 123 cm³/mol. The number of carboxylic acid groups (broad SMARTS) is 1. The molecule has 2 aromatic carbocycles. The highest BCUT2D eigenvalue weighted by molar-refractivity contribution is 5.94. The Labute approximate surface area is 200 Å². The maximum Gasteiger partial charge on any atom is 0.374 e. The first-order chi connectivity index (χ1) is 16.5. The fourth-order valence-electron chi connectivity index (χ4n) is 5.91. The molecule has 1 aromatic heterocycles. The van der Waals surface area contributed by atoms with Gasteiger partial charge in [-0.1, -0.05) is 19.9 Å². The number of alkyl halides is 2. The van der Waals surface area contributed by atoms with Gasteiger partial charge >= 0.3 is 11.9 Å². The molecular formula is C26H27F3N2O4.